The zero-order chi connectivity index (χ0) is 15.7. The molecule has 0 unspecified atom stereocenters. The predicted octanol–water partition coefficient (Wildman–Crippen LogP) is 2.39. The van der Waals surface area contributed by atoms with Crippen molar-refractivity contribution in [3.05, 3.63) is 76.2 Å². The van der Waals surface area contributed by atoms with E-state index in [2.05, 4.69) is 5.16 Å². The third kappa shape index (κ3) is 2.22. The number of rotatable bonds is 2. The summed E-state index contributed by atoms with van der Waals surface area (Å²) in [5.74, 6) is -0.0305. The van der Waals surface area contributed by atoms with Gasteiger partial charge in [0.1, 0.15) is 0 Å². The molecule has 0 aliphatic carbocycles. The van der Waals surface area contributed by atoms with E-state index in [0.717, 1.165) is 11.3 Å². The molecule has 0 atom stereocenters. The van der Waals surface area contributed by atoms with Gasteiger partial charge in [0.2, 0.25) is 0 Å². The van der Waals surface area contributed by atoms with Gasteiger partial charge in [-0.1, -0.05) is 41.1 Å². The molecule has 0 aliphatic rings. The summed E-state index contributed by atoms with van der Waals surface area (Å²) in [4.78, 5) is 12.7. The zero-order valence-electron chi connectivity index (χ0n) is 12.0. The highest BCUT2D eigenvalue weighted by molar-refractivity contribution is 6.08. The van der Waals surface area contributed by atoms with Gasteiger partial charge in [-0.3, -0.25) is 9.36 Å². The minimum Gasteiger partial charge on any atom is -0.409 e. The van der Waals surface area contributed by atoms with Crippen LogP contribution in [-0.4, -0.2) is 15.6 Å². The van der Waals surface area contributed by atoms with Crippen LogP contribution in [0.15, 0.2) is 64.7 Å². The van der Waals surface area contributed by atoms with Crippen molar-refractivity contribution in [3.63, 3.8) is 0 Å². The minimum absolute atomic E-state index is 0.0305. The van der Waals surface area contributed by atoms with Crippen molar-refractivity contribution in [1.82, 2.24) is 4.57 Å². The Labute approximate surface area is 126 Å². The molecule has 0 bridgehead atoms. The number of fused-ring (bicyclic) bond motifs is 1. The van der Waals surface area contributed by atoms with Gasteiger partial charge in [0.05, 0.1) is 0 Å². The highest BCUT2D eigenvalue weighted by Crippen LogP contribution is 2.17. The lowest BCUT2D eigenvalue weighted by Crippen LogP contribution is -2.23. The number of nitrogens with zero attached hydrogens (tertiary/aromatic N) is 2. The molecule has 0 saturated carbocycles. The molecule has 3 aromatic rings. The number of benzene rings is 2. The molecule has 1 aromatic heterocycles. The maximum Gasteiger partial charge on any atom is 0.262 e. The van der Waals surface area contributed by atoms with Crippen LogP contribution in [0.25, 0.3) is 16.5 Å². The van der Waals surface area contributed by atoms with E-state index in [1.807, 2.05) is 37.3 Å². The lowest BCUT2D eigenvalue weighted by atomic mass is 10.1. The van der Waals surface area contributed by atoms with Crippen molar-refractivity contribution in [2.75, 3.05) is 0 Å². The summed E-state index contributed by atoms with van der Waals surface area (Å²) in [5, 5.41) is 13.2. The van der Waals surface area contributed by atoms with Crippen molar-refractivity contribution < 1.29 is 5.21 Å². The molecule has 1 heterocycles. The monoisotopic (exact) mass is 293 g/mol. The van der Waals surface area contributed by atoms with Crippen LogP contribution < -0.4 is 11.3 Å². The summed E-state index contributed by atoms with van der Waals surface area (Å²) in [6.07, 6.45) is 1.60. The number of nitrogens with two attached hydrogens (primary N) is 1. The van der Waals surface area contributed by atoms with Gasteiger partial charge in [0, 0.05) is 22.8 Å². The first-order chi connectivity index (χ1) is 10.6. The molecule has 110 valence electrons. The molecule has 0 fully saturated rings. The average molecular weight is 293 g/mol. The minimum atomic E-state index is -0.144. The first-order valence-corrected chi connectivity index (χ1v) is 6.81. The van der Waals surface area contributed by atoms with Crippen LogP contribution in [0.2, 0.25) is 0 Å². The normalized spacial score (nSPS) is 11.8. The molecular formula is C17H15N3O2. The summed E-state index contributed by atoms with van der Waals surface area (Å²) in [5.41, 5.74) is 7.97. The van der Waals surface area contributed by atoms with Crippen molar-refractivity contribution >= 4 is 16.6 Å². The maximum absolute atomic E-state index is 12.7. The van der Waals surface area contributed by atoms with E-state index in [9.17, 15) is 4.79 Å². The topological polar surface area (TPSA) is 80.6 Å². The van der Waals surface area contributed by atoms with E-state index >= 15 is 0 Å². The van der Waals surface area contributed by atoms with Gasteiger partial charge in [-0.05, 0) is 30.5 Å². The van der Waals surface area contributed by atoms with Crippen molar-refractivity contribution in [2.24, 2.45) is 10.9 Å². The Morgan fingerprint density at radius 1 is 1.09 bits per heavy atom. The summed E-state index contributed by atoms with van der Waals surface area (Å²) in [6, 6.07) is 14.7. The smallest absolute Gasteiger partial charge is 0.262 e. The summed E-state index contributed by atoms with van der Waals surface area (Å²) < 4.78 is 1.51. The summed E-state index contributed by atoms with van der Waals surface area (Å²) >= 11 is 0. The van der Waals surface area contributed by atoms with Gasteiger partial charge in [0.15, 0.2) is 5.84 Å². The molecular weight excluding hydrogens is 278 g/mol. The zero-order valence-corrected chi connectivity index (χ0v) is 12.0. The quantitative estimate of drug-likeness (QED) is 0.329. The van der Waals surface area contributed by atoms with E-state index in [0.29, 0.717) is 16.3 Å². The first kappa shape index (κ1) is 13.9. The average Bonchev–Trinajstić information content (AvgIpc) is 2.56. The molecule has 0 aliphatic heterocycles. The first-order valence-electron chi connectivity index (χ1n) is 6.81. The Morgan fingerprint density at radius 2 is 1.73 bits per heavy atom. The van der Waals surface area contributed by atoms with Crippen molar-refractivity contribution in [1.29, 1.82) is 0 Å². The highest BCUT2D eigenvalue weighted by atomic mass is 16.4. The molecule has 5 nitrogen and oxygen atoms in total. The van der Waals surface area contributed by atoms with Gasteiger partial charge < -0.3 is 10.9 Å². The number of pyridine rings is 1. The third-order valence-electron chi connectivity index (χ3n) is 3.62. The SMILES string of the molecule is Cc1ccc(-n2cc(/C(N)=N\O)c3ccccc3c2=O)cc1. The third-order valence-corrected chi connectivity index (χ3v) is 3.62. The van der Waals surface area contributed by atoms with Crippen LogP contribution in [0.3, 0.4) is 0 Å². The van der Waals surface area contributed by atoms with Gasteiger partial charge in [-0.15, -0.1) is 0 Å². The second-order valence-electron chi connectivity index (χ2n) is 5.08. The molecule has 0 amide bonds. The van der Waals surface area contributed by atoms with E-state index in [-0.39, 0.29) is 11.4 Å². The van der Waals surface area contributed by atoms with Gasteiger partial charge >= 0.3 is 0 Å². The van der Waals surface area contributed by atoms with Gasteiger partial charge in [0.25, 0.3) is 5.56 Å². The Hall–Kier alpha value is -3.08. The molecule has 0 spiro atoms. The molecule has 0 saturated heterocycles. The summed E-state index contributed by atoms with van der Waals surface area (Å²) in [7, 11) is 0. The Kier molecular flexibility index (Phi) is 3.39. The molecule has 0 radical (unpaired) electrons. The highest BCUT2D eigenvalue weighted by Gasteiger charge is 2.12. The Morgan fingerprint density at radius 3 is 2.36 bits per heavy atom. The van der Waals surface area contributed by atoms with E-state index in [1.165, 1.54) is 4.57 Å². The number of oxime groups is 1. The predicted molar refractivity (Wildman–Crippen MR) is 86.8 cm³/mol. The van der Waals surface area contributed by atoms with E-state index in [4.69, 9.17) is 10.9 Å². The number of amidine groups is 1. The molecule has 5 heteroatoms. The van der Waals surface area contributed by atoms with E-state index in [1.54, 1.807) is 24.4 Å². The Bertz CT molecular complexity index is 925. The van der Waals surface area contributed by atoms with Crippen LogP contribution in [0, 0.1) is 6.92 Å². The number of hydrogen-bond donors (Lipinski definition) is 2. The fraction of sp³-hybridized carbons (Fsp3) is 0.0588. The van der Waals surface area contributed by atoms with Crippen LogP contribution in [0.4, 0.5) is 0 Å². The van der Waals surface area contributed by atoms with Gasteiger partial charge in [-0.25, -0.2) is 0 Å². The standard InChI is InChI=1S/C17H15N3O2/c1-11-6-8-12(9-7-11)20-10-15(16(18)19-22)13-4-2-3-5-14(13)17(20)21/h2-10,22H,1H3,(H2,18,19). The van der Waals surface area contributed by atoms with Gasteiger partial charge in [-0.2, -0.15) is 0 Å². The largest absolute Gasteiger partial charge is 0.409 e. The second-order valence-corrected chi connectivity index (χ2v) is 5.08. The molecule has 3 N–H and O–H groups in total. The van der Waals surface area contributed by atoms with Crippen molar-refractivity contribution in [2.45, 2.75) is 6.92 Å². The number of aromatic nitrogens is 1. The number of hydrogen-bond acceptors (Lipinski definition) is 3. The van der Waals surface area contributed by atoms with Crippen LogP contribution >= 0.6 is 0 Å². The fourth-order valence-corrected chi connectivity index (χ4v) is 2.45. The Balaban J connectivity index is 2.39. The number of aryl methyl sites for hydroxylation is 1. The lowest BCUT2D eigenvalue weighted by molar-refractivity contribution is 0.318. The molecule has 22 heavy (non-hydrogen) atoms. The van der Waals surface area contributed by atoms with Crippen LogP contribution in [0.1, 0.15) is 11.1 Å². The summed E-state index contributed by atoms with van der Waals surface area (Å²) in [6.45, 7) is 1.98. The maximum atomic E-state index is 12.7. The molecule has 2 aromatic carbocycles. The van der Waals surface area contributed by atoms with E-state index < -0.39 is 0 Å². The fourth-order valence-electron chi connectivity index (χ4n) is 2.45. The lowest BCUT2D eigenvalue weighted by Gasteiger charge is -2.11. The van der Waals surface area contributed by atoms with Crippen LogP contribution in [0.5, 0.6) is 0 Å². The molecule has 3 rings (SSSR count). The second kappa shape index (κ2) is 5.37. The van der Waals surface area contributed by atoms with Crippen molar-refractivity contribution in [3.8, 4) is 5.69 Å². The van der Waals surface area contributed by atoms with Crippen LogP contribution in [-0.2, 0) is 0 Å².